The van der Waals surface area contributed by atoms with E-state index >= 15 is 0 Å². The molecule has 1 aromatic carbocycles. The summed E-state index contributed by atoms with van der Waals surface area (Å²) in [4.78, 5) is 0. The smallest absolute Gasteiger partial charge is 0.0727 e. The number of ether oxygens (including phenoxy) is 1. The van der Waals surface area contributed by atoms with Crippen LogP contribution in [-0.4, -0.2) is 5.60 Å². The third-order valence-corrected chi connectivity index (χ3v) is 3.46. The average molecular weight is 228 g/mol. The molecule has 2 rings (SSSR count). The van der Waals surface area contributed by atoms with Gasteiger partial charge in [-0.25, -0.2) is 0 Å². The second-order valence-corrected chi connectivity index (χ2v) is 5.45. The Morgan fingerprint density at radius 2 is 2.12 bits per heavy atom. The van der Waals surface area contributed by atoms with Gasteiger partial charge in [-0.2, -0.15) is 0 Å². The fraction of sp³-hybridized carbons (Fsp3) is 0.500. The normalized spacial score (nSPS) is 16.9. The lowest BCUT2D eigenvalue weighted by molar-refractivity contribution is 0.0330. The standard InChI is InChI=1S/C16H20O/c1-5-13-6-7-14(15(10-13)12(2)3)11-17-16(4)8-9-16/h1,6-7,10,12H,8-9,11H2,2-4H3. The van der Waals surface area contributed by atoms with E-state index in [1.165, 1.54) is 24.0 Å². The van der Waals surface area contributed by atoms with E-state index in [1.807, 2.05) is 6.07 Å². The zero-order chi connectivity index (χ0) is 12.5. The van der Waals surface area contributed by atoms with E-state index in [-0.39, 0.29) is 5.60 Å². The van der Waals surface area contributed by atoms with Gasteiger partial charge in [0.15, 0.2) is 0 Å². The van der Waals surface area contributed by atoms with E-state index in [0.717, 1.165) is 5.56 Å². The van der Waals surface area contributed by atoms with Gasteiger partial charge >= 0.3 is 0 Å². The largest absolute Gasteiger partial charge is 0.371 e. The van der Waals surface area contributed by atoms with Gasteiger partial charge in [0, 0.05) is 5.56 Å². The quantitative estimate of drug-likeness (QED) is 0.711. The maximum atomic E-state index is 5.94. The van der Waals surface area contributed by atoms with Crippen LogP contribution < -0.4 is 0 Å². The number of hydrogen-bond donors (Lipinski definition) is 0. The minimum atomic E-state index is 0.138. The highest BCUT2D eigenvalue weighted by atomic mass is 16.5. The van der Waals surface area contributed by atoms with Crippen molar-refractivity contribution in [2.75, 3.05) is 0 Å². The Kier molecular flexibility index (Phi) is 3.26. The molecular formula is C16H20O. The van der Waals surface area contributed by atoms with Crippen LogP contribution in [0.5, 0.6) is 0 Å². The molecule has 1 aliphatic carbocycles. The number of rotatable bonds is 4. The summed E-state index contributed by atoms with van der Waals surface area (Å²) in [6.45, 7) is 7.27. The molecule has 1 aliphatic rings. The molecule has 1 heteroatoms. The first-order chi connectivity index (χ1) is 8.04. The van der Waals surface area contributed by atoms with Crippen molar-refractivity contribution in [2.24, 2.45) is 0 Å². The van der Waals surface area contributed by atoms with Gasteiger partial charge in [-0.15, -0.1) is 6.42 Å². The van der Waals surface area contributed by atoms with Gasteiger partial charge in [-0.1, -0.05) is 25.8 Å². The van der Waals surface area contributed by atoms with Gasteiger partial charge in [0.2, 0.25) is 0 Å². The fourth-order valence-electron chi connectivity index (χ4n) is 1.93. The van der Waals surface area contributed by atoms with Crippen molar-refractivity contribution < 1.29 is 4.74 Å². The molecule has 1 aromatic rings. The predicted molar refractivity (Wildman–Crippen MR) is 70.9 cm³/mol. The SMILES string of the molecule is C#Cc1ccc(COC2(C)CC2)c(C(C)C)c1. The lowest BCUT2D eigenvalue weighted by Crippen LogP contribution is -2.09. The molecule has 0 spiro atoms. The zero-order valence-electron chi connectivity index (χ0n) is 10.9. The minimum Gasteiger partial charge on any atom is -0.371 e. The molecule has 1 saturated carbocycles. The van der Waals surface area contributed by atoms with Gasteiger partial charge in [0.25, 0.3) is 0 Å². The Morgan fingerprint density at radius 3 is 2.65 bits per heavy atom. The lowest BCUT2D eigenvalue weighted by Gasteiger charge is -2.16. The first-order valence-corrected chi connectivity index (χ1v) is 6.27. The summed E-state index contributed by atoms with van der Waals surface area (Å²) in [5, 5.41) is 0. The van der Waals surface area contributed by atoms with Crippen molar-refractivity contribution in [1.82, 2.24) is 0 Å². The van der Waals surface area contributed by atoms with Crippen LogP contribution in [0, 0.1) is 12.3 Å². The van der Waals surface area contributed by atoms with Crippen LogP contribution in [0.1, 0.15) is 56.2 Å². The van der Waals surface area contributed by atoms with E-state index in [4.69, 9.17) is 11.2 Å². The number of terminal acetylenes is 1. The summed E-state index contributed by atoms with van der Waals surface area (Å²) in [6.07, 6.45) is 7.81. The van der Waals surface area contributed by atoms with Crippen molar-refractivity contribution in [3.05, 3.63) is 34.9 Å². The Bertz CT molecular complexity index is 447. The molecule has 0 aromatic heterocycles. The van der Waals surface area contributed by atoms with Crippen LogP contribution in [-0.2, 0) is 11.3 Å². The van der Waals surface area contributed by atoms with Gasteiger partial charge in [-0.05, 0) is 48.9 Å². The first-order valence-electron chi connectivity index (χ1n) is 6.27. The van der Waals surface area contributed by atoms with Crippen LogP contribution in [0.3, 0.4) is 0 Å². The lowest BCUT2D eigenvalue weighted by atomic mass is 9.95. The van der Waals surface area contributed by atoms with E-state index in [9.17, 15) is 0 Å². The number of hydrogen-bond acceptors (Lipinski definition) is 1. The van der Waals surface area contributed by atoms with Crippen molar-refractivity contribution in [3.63, 3.8) is 0 Å². The van der Waals surface area contributed by atoms with E-state index in [2.05, 4.69) is 38.8 Å². The Balaban J connectivity index is 2.17. The summed E-state index contributed by atoms with van der Waals surface area (Å²) < 4.78 is 5.94. The summed E-state index contributed by atoms with van der Waals surface area (Å²) in [7, 11) is 0. The molecule has 0 radical (unpaired) electrons. The molecule has 0 aliphatic heterocycles. The summed E-state index contributed by atoms with van der Waals surface area (Å²) in [6, 6.07) is 6.22. The van der Waals surface area contributed by atoms with Gasteiger partial charge in [0.05, 0.1) is 12.2 Å². The molecule has 17 heavy (non-hydrogen) atoms. The molecule has 0 atom stereocenters. The minimum absolute atomic E-state index is 0.138. The highest BCUT2D eigenvalue weighted by molar-refractivity contribution is 5.41. The molecule has 0 N–H and O–H groups in total. The molecule has 1 fully saturated rings. The third kappa shape index (κ3) is 2.90. The fourth-order valence-corrected chi connectivity index (χ4v) is 1.93. The molecule has 0 amide bonds. The maximum absolute atomic E-state index is 5.94. The van der Waals surface area contributed by atoms with Gasteiger partial charge in [-0.3, -0.25) is 0 Å². The molecule has 0 saturated heterocycles. The van der Waals surface area contributed by atoms with Gasteiger partial charge < -0.3 is 4.74 Å². The van der Waals surface area contributed by atoms with E-state index < -0.39 is 0 Å². The van der Waals surface area contributed by atoms with Crippen molar-refractivity contribution in [2.45, 2.75) is 51.7 Å². The van der Waals surface area contributed by atoms with Crippen LogP contribution in [0.4, 0.5) is 0 Å². The van der Waals surface area contributed by atoms with Crippen molar-refractivity contribution in [3.8, 4) is 12.3 Å². The second-order valence-electron chi connectivity index (χ2n) is 5.45. The number of benzene rings is 1. The first kappa shape index (κ1) is 12.2. The Labute approximate surface area is 104 Å². The zero-order valence-corrected chi connectivity index (χ0v) is 10.9. The highest BCUT2D eigenvalue weighted by Crippen LogP contribution is 2.39. The van der Waals surface area contributed by atoms with Crippen LogP contribution >= 0.6 is 0 Å². The van der Waals surface area contributed by atoms with Gasteiger partial charge in [0.1, 0.15) is 0 Å². The van der Waals surface area contributed by atoms with Crippen molar-refractivity contribution in [1.29, 1.82) is 0 Å². The topological polar surface area (TPSA) is 9.23 Å². The van der Waals surface area contributed by atoms with Crippen LogP contribution in [0.25, 0.3) is 0 Å². The average Bonchev–Trinajstić information content (AvgIpc) is 3.05. The molecule has 1 nitrogen and oxygen atoms in total. The Morgan fingerprint density at radius 1 is 1.41 bits per heavy atom. The summed E-state index contributed by atoms with van der Waals surface area (Å²) in [5.74, 6) is 3.17. The highest BCUT2D eigenvalue weighted by Gasteiger charge is 2.38. The monoisotopic (exact) mass is 228 g/mol. The Hall–Kier alpha value is -1.26. The van der Waals surface area contributed by atoms with Crippen LogP contribution in [0.2, 0.25) is 0 Å². The predicted octanol–water partition coefficient (Wildman–Crippen LogP) is 3.86. The second kappa shape index (κ2) is 4.55. The molecule has 0 bridgehead atoms. The molecule has 0 unspecified atom stereocenters. The van der Waals surface area contributed by atoms with E-state index in [1.54, 1.807) is 0 Å². The van der Waals surface area contributed by atoms with E-state index in [0.29, 0.717) is 12.5 Å². The molecular weight excluding hydrogens is 208 g/mol. The summed E-state index contributed by atoms with van der Waals surface area (Å²) >= 11 is 0. The molecule has 90 valence electrons. The maximum Gasteiger partial charge on any atom is 0.0727 e. The molecule has 0 heterocycles. The third-order valence-electron chi connectivity index (χ3n) is 3.46. The van der Waals surface area contributed by atoms with Crippen LogP contribution in [0.15, 0.2) is 18.2 Å². The summed E-state index contributed by atoms with van der Waals surface area (Å²) in [5.41, 5.74) is 3.67. The van der Waals surface area contributed by atoms with Crippen molar-refractivity contribution >= 4 is 0 Å².